The molecule has 1 fully saturated rings. The molecular formula is C24H27N5O2S. The van der Waals surface area contributed by atoms with Gasteiger partial charge in [0.05, 0.1) is 6.04 Å². The lowest BCUT2D eigenvalue weighted by Gasteiger charge is -2.09. The highest BCUT2D eigenvalue weighted by molar-refractivity contribution is 7.12. The number of nitrogens with zero attached hydrogens (tertiary/aromatic N) is 3. The fourth-order valence-corrected chi connectivity index (χ4v) is 5.02. The smallest absolute Gasteiger partial charge is 0.249 e. The van der Waals surface area contributed by atoms with E-state index in [4.69, 9.17) is 16.5 Å². The summed E-state index contributed by atoms with van der Waals surface area (Å²) >= 11 is 1.55. The third-order valence-corrected chi connectivity index (χ3v) is 6.90. The number of hydrogen-bond donors (Lipinski definition) is 2. The summed E-state index contributed by atoms with van der Waals surface area (Å²) in [5, 5.41) is 5.51. The Bertz CT molecular complexity index is 1200. The van der Waals surface area contributed by atoms with E-state index in [2.05, 4.69) is 5.10 Å². The number of carbonyl (C=O) groups excluding carboxylic acids is 2. The summed E-state index contributed by atoms with van der Waals surface area (Å²) in [4.78, 5) is 29.3. The van der Waals surface area contributed by atoms with Gasteiger partial charge in [-0.25, -0.2) is 4.68 Å². The Morgan fingerprint density at radius 3 is 2.25 bits per heavy atom. The van der Waals surface area contributed by atoms with Crippen molar-refractivity contribution in [3.05, 3.63) is 58.4 Å². The Balaban J connectivity index is 1.72. The van der Waals surface area contributed by atoms with E-state index in [1.165, 1.54) is 25.7 Å². The van der Waals surface area contributed by atoms with Gasteiger partial charge in [-0.2, -0.15) is 5.10 Å². The topological polar surface area (TPSA) is 116 Å². The van der Waals surface area contributed by atoms with Crippen molar-refractivity contribution in [2.45, 2.75) is 44.6 Å². The number of benzene rings is 2. The van der Waals surface area contributed by atoms with Crippen LogP contribution in [0.25, 0.3) is 21.7 Å². The first-order chi connectivity index (χ1) is 15.4. The molecule has 2 amide bonds. The molecule has 0 saturated heterocycles. The molecule has 1 aromatic heterocycles. The average Bonchev–Trinajstić information content (AvgIpc) is 2.97. The molecule has 0 spiro atoms. The molecule has 1 aliphatic rings. The molecule has 1 aliphatic carbocycles. The van der Waals surface area contributed by atoms with Crippen molar-refractivity contribution in [3.63, 3.8) is 0 Å². The molecule has 3 aromatic rings. The maximum atomic E-state index is 12.0. The fourth-order valence-electron chi connectivity index (χ4n) is 4.07. The largest absolute Gasteiger partial charge is 0.366 e. The van der Waals surface area contributed by atoms with E-state index in [0.717, 1.165) is 33.8 Å². The molecule has 0 radical (unpaired) electrons. The highest BCUT2D eigenvalue weighted by Crippen LogP contribution is 2.30. The number of carbonyl (C=O) groups is 2. The third kappa shape index (κ3) is 4.80. The van der Waals surface area contributed by atoms with Crippen molar-refractivity contribution in [2.24, 2.45) is 23.5 Å². The van der Waals surface area contributed by atoms with Crippen LogP contribution in [-0.2, 0) is 7.05 Å². The summed E-state index contributed by atoms with van der Waals surface area (Å²) in [7, 11) is 1.91. The molecule has 8 heteroatoms. The SMILES string of the molecule is Cn1nc(-c2ccc(C(N)=O)c(-c3ccc(C(N)=O)cc3)c2)sc1=NC1CCCCCC1. The van der Waals surface area contributed by atoms with E-state index in [9.17, 15) is 9.59 Å². The summed E-state index contributed by atoms with van der Waals surface area (Å²) < 4.78 is 1.83. The summed E-state index contributed by atoms with van der Waals surface area (Å²) in [6.07, 6.45) is 7.31. The van der Waals surface area contributed by atoms with Crippen LogP contribution in [0.3, 0.4) is 0 Å². The van der Waals surface area contributed by atoms with E-state index in [-0.39, 0.29) is 0 Å². The van der Waals surface area contributed by atoms with Gasteiger partial charge in [-0.05, 0) is 48.2 Å². The monoisotopic (exact) mass is 449 g/mol. The molecule has 0 unspecified atom stereocenters. The standard InChI is InChI=1S/C24H27N5O2S/c1-29-24(27-18-6-4-2-3-5-7-18)32-23(28-29)17-12-13-19(22(26)31)20(14-17)15-8-10-16(11-9-15)21(25)30/h8-14,18H,2-7H2,1H3,(H2,25,30)(H2,26,31). The van der Waals surface area contributed by atoms with Crippen LogP contribution < -0.4 is 16.3 Å². The van der Waals surface area contributed by atoms with Gasteiger partial charge in [0.25, 0.3) is 0 Å². The molecule has 4 N–H and O–H groups in total. The second-order valence-corrected chi connectivity index (χ2v) is 9.11. The molecule has 32 heavy (non-hydrogen) atoms. The molecular weight excluding hydrogens is 422 g/mol. The Morgan fingerprint density at radius 1 is 0.969 bits per heavy atom. The van der Waals surface area contributed by atoms with Gasteiger partial charge < -0.3 is 11.5 Å². The van der Waals surface area contributed by atoms with Crippen LogP contribution >= 0.6 is 11.3 Å². The summed E-state index contributed by atoms with van der Waals surface area (Å²) in [6, 6.07) is 12.7. The Hall–Kier alpha value is -3.26. The first kappa shape index (κ1) is 22.0. The lowest BCUT2D eigenvalue weighted by molar-refractivity contribution is 0.0992. The first-order valence-electron chi connectivity index (χ1n) is 10.8. The number of nitrogens with two attached hydrogens (primary N) is 2. The lowest BCUT2D eigenvalue weighted by atomic mass is 9.96. The Labute approximate surface area is 190 Å². The highest BCUT2D eigenvalue weighted by atomic mass is 32.1. The predicted octanol–water partition coefficient (Wildman–Crippen LogP) is 3.64. The second-order valence-electron chi connectivity index (χ2n) is 8.15. The van der Waals surface area contributed by atoms with Crippen LogP contribution in [0.2, 0.25) is 0 Å². The maximum absolute atomic E-state index is 12.0. The zero-order chi connectivity index (χ0) is 22.7. The molecule has 1 heterocycles. The van der Waals surface area contributed by atoms with Crippen molar-refractivity contribution in [2.75, 3.05) is 0 Å². The van der Waals surface area contributed by atoms with E-state index < -0.39 is 11.8 Å². The summed E-state index contributed by atoms with van der Waals surface area (Å²) in [6.45, 7) is 0. The molecule has 1 saturated carbocycles. The van der Waals surface area contributed by atoms with Crippen molar-refractivity contribution in [3.8, 4) is 21.7 Å². The maximum Gasteiger partial charge on any atom is 0.249 e. The highest BCUT2D eigenvalue weighted by Gasteiger charge is 2.16. The summed E-state index contributed by atoms with van der Waals surface area (Å²) in [5.74, 6) is -1.01. The zero-order valence-electron chi connectivity index (χ0n) is 18.1. The van der Waals surface area contributed by atoms with E-state index in [1.807, 2.05) is 23.9 Å². The number of rotatable bonds is 5. The molecule has 166 valence electrons. The summed E-state index contributed by atoms with van der Waals surface area (Å²) in [5.41, 5.74) is 14.1. The molecule has 0 aliphatic heterocycles. The van der Waals surface area contributed by atoms with Gasteiger partial charge in [0.1, 0.15) is 5.01 Å². The molecule has 0 bridgehead atoms. The zero-order valence-corrected chi connectivity index (χ0v) is 18.9. The molecule has 2 aromatic carbocycles. The van der Waals surface area contributed by atoms with Gasteiger partial charge in [0.15, 0.2) is 0 Å². The van der Waals surface area contributed by atoms with Gasteiger partial charge in [-0.15, -0.1) is 0 Å². The average molecular weight is 450 g/mol. The number of aromatic nitrogens is 2. The van der Waals surface area contributed by atoms with Crippen molar-refractivity contribution < 1.29 is 9.59 Å². The van der Waals surface area contributed by atoms with Crippen molar-refractivity contribution in [1.82, 2.24) is 9.78 Å². The van der Waals surface area contributed by atoms with Crippen molar-refractivity contribution >= 4 is 23.2 Å². The van der Waals surface area contributed by atoms with Gasteiger partial charge in [-0.3, -0.25) is 14.6 Å². The van der Waals surface area contributed by atoms with E-state index in [0.29, 0.717) is 22.7 Å². The van der Waals surface area contributed by atoms with Crippen LogP contribution in [0.15, 0.2) is 47.5 Å². The predicted molar refractivity (Wildman–Crippen MR) is 126 cm³/mol. The van der Waals surface area contributed by atoms with Crippen LogP contribution in [0.4, 0.5) is 0 Å². The Morgan fingerprint density at radius 2 is 1.62 bits per heavy atom. The molecule has 0 atom stereocenters. The number of amides is 2. The van der Waals surface area contributed by atoms with Crippen LogP contribution in [0.5, 0.6) is 0 Å². The van der Waals surface area contributed by atoms with E-state index >= 15 is 0 Å². The minimum absolute atomic E-state index is 0.355. The first-order valence-corrected chi connectivity index (χ1v) is 11.7. The molecule has 4 rings (SSSR count). The Kier molecular flexibility index (Phi) is 6.50. The molecule has 7 nitrogen and oxygen atoms in total. The number of hydrogen-bond acceptors (Lipinski definition) is 5. The normalized spacial score (nSPS) is 15.5. The van der Waals surface area contributed by atoms with Gasteiger partial charge in [-0.1, -0.05) is 55.2 Å². The van der Waals surface area contributed by atoms with Crippen molar-refractivity contribution in [1.29, 1.82) is 0 Å². The van der Waals surface area contributed by atoms with Crippen LogP contribution in [-0.4, -0.2) is 27.6 Å². The second kappa shape index (κ2) is 9.48. The van der Waals surface area contributed by atoms with Crippen LogP contribution in [0, 0.1) is 0 Å². The lowest BCUT2D eigenvalue weighted by Crippen LogP contribution is -2.16. The minimum Gasteiger partial charge on any atom is -0.366 e. The number of primary amides is 2. The minimum atomic E-state index is -0.515. The van der Waals surface area contributed by atoms with Gasteiger partial charge in [0.2, 0.25) is 16.6 Å². The number of aryl methyl sites for hydroxylation is 1. The van der Waals surface area contributed by atoms with Crippen LogP contribution in [0.1, 0.15) is 59.2 Å². The fraction of sp³-hybridized carbons (Fsp3) is 0.333. The third-order valence-electron chi connectivity index (χ3n) is 5.84. The quantitative estimate of drug-likeness (QED) is 0.579. The van der Waals surface area contributed by atoms with E-state index in [1.54, 1.807) is 41.7 Å². The van der Waals surface area contributed by atoms with Gasteiger partial charge >= 0.3 is 0 Å². The van der Waals surface area contributed by atoms with Gasteiger partial charge in [0, 0.05) is 23.7 Å².